The van der Waals surface area contributed by atoms with E-state index in [0.717, 1.165) is 21.7 Å². The lowest BCUT2D eigenvalue weighted by molar-refractivity contribution is 0.416. The van der Waals surface area contributed by atoms with Gasteiger partial charge in [-0.1, -0.05) is 18.2 Å². The summed E-state index contributed by atoms with van der Waals surface area (Å²) >= 11 is 1.73. The molecular formula is C16H18N2OS. The first-order valence-electron chi connectivity index (χ1n) is 6.80. The van der Waals surface area contributed by atoms with Gasteiger partial charge in [-0.3, -0.25) is 5.32 Å². The molecule has 2 aromatic heterocycles. The normalized spacial score (nSPS) is 14.6. The highest BCUT2D eigenvalue weighted by molar-refractivity contribution is 7.11. The van der Waals surface area contributed by atoms with Crippen molar-refractivity contribution in [3.63, 3.8) is 0 Å². The van der Waals surface area contributed by atoms with Gasteiger partial charge in [-0.05, 0) is 32.9 Å². The number of nitrogens with zero attached hydrogens (tertiary/aromatic N) is 1. The average molecular weight is 286 g/mol. The molecule has 0 spiro atoms. The zero-order chi connectivity index (χ0) is 14.1. The summed E-state index contributed by atoms with van der Waals surface area (Å²) in [6.07, 6.45) is 1.92. The molecule has 1 N–H and O–H groups in total. The van der Waals surface area contributed by atoms with E-state index in [1.54, 1.807) is 11.3 Å². The van der Waals surface area contributed by atoms with Gasteiger partial charge in [0.05, 0.1) is 12.1 Å². The molecule has 3 nitrogen and oxygen atoms in total. The number of hydrogen-bond donors (Lipinski definition) is 1. The monoisotopic (exact) mass is 286 g/mol. The lowest BCUT2D eigenvalue weighted by atomic mass is 10.2. The lowest BCUT2D eigenvalue weighted by Gasteiger charge is -2.16. The first-order chi connectivity index (χ1) is 9.63. The third kappa shape index (κ3) is 2.62. The Labute approximate surface area is 122 Å². The van der Waals surface area contributed by atoms with E-state index in [1.807, 2.05) is 24.4 Å². The molecule has 0 unspecified atom stereocenters. The van der Waals surface area contributed by atoms with Gasteiger partial charge >= 0.3 is 0 Å². The molecule has 0 saturated heterocycles. The maximum Gasteiger partial charge on any atom is 0.134 e. The minimum atomic E-state index is 0.154. The van der Waals surface area contributed by atoms with Crippen LogP contribution >= 0.6 is 11.3 Å². The van der Waals surface area contributed by atoms with Crippen LogP contribution in [0, 0.1) is 6.92 Å². The van der Waals surface area contributed by atoms with Crippen LogP contribution in [0.15, 0.2) is 40.9 Å². The van der Waals surface area contributed by atoms with Crippen LogP contribution in [-0.2, 0) is 0 Å². The van der Waals surface area contributed by atoms with Gasteiger partial charge in [0.1, 0.15) is 16.4 Å². The lowest BCUT2D eigenvalue weighted by Crippen LogP contribution is -2.21. The smallest absolute Gasteiger partial charge is 0.134 e. The molecule has 0 saturated carbocycles. The summed E-state index contributed by atoms with van der Waals surface area (Å²) < 4.78 is 5.89. The highest BCUT2D eigenvalue weighted by Gasteiger charge is 2.16. The zero-order valence-electron chi connectivity index (χ0n) is 11.9. The number of thiazole rings is 1. The number of rotatable bonds is 4. The quantitative estimate of drug-likeness (QED) is 0.761. The van der Waals surface area contributed by atoms with E-state index in [4.69, 9.17) is 4.42 Å². The molecule has 0 aliphatic heterocycles. The number of hydrogen-bond acceptors (Lipinski definition) is 4. The van der Waals surface area contributed by atoms with E-state index in [1.165, 1.54) is 4.88 Å². The van der Waals surface area contributed by atoms with Gasteiger partial charge < -0.3 is 4.42 Å². The molecule has 1 aromatic carbocycles. The topological polar surface area (TPSA) is 38.1 Å². The molecule has 4 heteroatoms. The maximum atomic E-state index is 5.89. The molecule has 0 radical (unpaired) electrons. The summed E-state index contributed by atoms with van der Waals surface area (Å²) in [5.74, 6) is 0.964. The fourth-order valence-electron chi connectivity index (χ4n) is 2.32. The summed E-state index contributed by atoms with van der Waals surface area (Å²) in [7, 11) is 0. The van der Waals surface area contributed by atoms with Crippen LogP contribution in [0.2, 0.25) is 0 Å². The van der Waals surface area contributed by atoms with Crippen molar-refractivity contribution in [1.29, 1.82) is 0 Å². The van der Waals surface area contributed by atoms with Crippen LogP contribution in [0.5, 0.6) is 0 Å². The molecule has 0 amide bonds. The first-order valence-corrected chi connectivity index (χ1v) is 7.62. The first kappa shape index (κ1) is 13.3. The van der Waals surface area contributed by atoms with Gasteiger partial charge in [0.15, 0.2) is 0 Å². The van der Waals surface area contributed by atoms with Gasteiger partial charge in [-0.25, -0.2) is 4.98 Å². The summed E-state index contributed by atoms with van der Waals surface area (Å²) in [6.45, 7) is 6.34. The Kier molecular flexibility index (Phi) is 3.59. The SMILES string of the molecule is Cc1cnc([C@H](C)N[C@@H](C)c2cc3ccccc3o2)s1. The fraction of sp³-hybridized carbons (Fsp3) is 0.312. The molecule has 0 fully saturated rings. The van der Waals surface area contributed by atoms with E-state index < -0.39 is 0 Å². The van der Waals surface area contributed by atoms with Crippen LogP contribution in [-0.4, -0.2) is 4.98 Å². The van der Waals surface area contributed by atoms with Gasteiger partial charge in [-0.15, -0.1) is 11.3 Å². The molecule has 3 rings (SSSR count). The molecule has 0 aliphatic carbocycles. The second kappa shape index (κ2) is 5.38. The Morgan fingerprint density at radius 2 is 2.00 bits per heavy atom. The highest BCUT2D eigenvalue weighted by atomic mass is 32.1. The molecular weight excluding hydrogens is 268 g/mol. The van der Waals surface area contributed by atoms with E-state index >= 15 is 0 Å². The van der Waals surface area contributed by atoms with Crippen molar-refractivity contribution in [3.8, 4) is 0 Å². The second-order valence-electron chi connectivity index (χ2n) is 5.11. The van der Waals surface area contributed by atoms with E-state index in [9.17, 15) is 0 Å². The Balaban J connectivity index is 1.76. The molecule has 0 aliphatic rings. The number of aryl methyl sites for hydroxylation is 1. The summed E-state index contributed by atoms with van der Waals surface area (Å²) in [5.41, 5.74) is 0.939. The Morgan fingerprint density at radius 1 is 1.20 bits per heavy atom. The fourth-order valence-corrected chi connectivity index (χ4v) is 3.10. The third-order valence-electron chi connectivity index (χ3n) is 3.38. The van der Waals surface area contributed by atoms with Crippen LogP contribution < -0.4 is 5.32 Å². The van der Waals surface area contributed by atoms with Crippen molar-refractivity contribution in [3.05, 3.63) is 52.2 Å². The van der Waals surface area contributed by atoms with Gasteiger partial charge in [0.25, 0.3) is 0 Å². The summed E-state index contributed by atoms with van der Waals surface area (Å²) in [4.78, 5) is 5.67. The van der Waals surface area contributed by atoms with Gasteiger partial charge in [0.2, 0.25) is 0 Å². The molecule has 0 bridgehead atoms. The zero-order valence-corrected chi connectivity index (χ0v) is 12.7. The standard InChI is InChI=1S/C16H18N2OS/c1-10-9-17-16(20-10)12(3)18-11(2)15-8-13-6-4-5-7-14(13)19-15/h4-9,11-12,18H,1-3H3/t11-,12-/m0/s1. The van der Waals surface area contributed by atoms with Crippen molar-refractivity contribution >= 4 is 22.3 Å². The third-order valence-corrected chi connectivity index (χ3v) is 4.48. The van der Waals surface area contributed by atoms with Crippen molar-refractivity contribution in [2.75, 3.05) is 0 Å². The average Bonchev–Trinajstić information content (AvgIpc) is 3.04. The van der Waals surface area contributed by atoms with E-state index in [0.29, 0.717) is 0 Å². The second-order valence-corrected chi connectivity index (χ2v) is 6.37. The molecule has 3 aromatic rings. The minimum Gasteiger partial charge on any atom is -0.459 e. The van der Waals surface area contributed by atoms with Crippen LogP contribution in [0.3, 0.4) is 0 Å². The van der Waals surface area contributed by atoms with E-state index in [-0.39, 0.29) is 12.1 Å². The predicted molar refractivity (Wildman–Crippen MR) is 83.0 cm³/mol. The van der Waals surface area contributed by atoms with Crippen LogP contribution in [0.25, 0.3) is 11.0 Å². The van der Waals surface area contributed by atoms with Crippen molar-refractivity contribution in [2.24, 2.45) is 0 Å². The van der Waals surface area contributed by atoms with Crippen molar-refractivity contribution in [1.82, 2.24) is 10.3 Å². The number of furan rings is 1. The minimum absolute atomic E-state index is 0.154. The number of para-hydroxylation sites is 1. The van der Waals surface area contributed by atoms with Crippen molar-refractivity contribution in [2.45, 2.75) is 32.9 Å². The number of nitrogens with one attached hydrogen (secondary N) is 1. The predicted octanol–water partition coefficient (Wildman–Crippen LogP) is 4.61. The number of benzene rings is 1. The highest BCUT2D eigenvalue weighted by Crippen LogP contribution is 2.26. The molecule has 104 valence electrons. The number of aromatic nitrogens is 1. The summed E-state index contributed by atoms with van der Waals surface area (Å²) in [5, 5.41) is 5.80. The number of fused-ring (bicyclic) bond motifs is 1. The Bertz CT molecular complexity index is 683. The molecule has 2 atom stereocenters. The molecule has 20 heavy (non-hydrogen) atoms. The van der Waals surface area contributed by atoms with E-state index in [2.05, 4.69) is 43.2 Å². The largest absolute Gasteiger partial charge is 0.459 e. The van der Waals surface area contributed by atoms with Crippen LogP contribution in [0.1, 0.15) is 41.6 Å². The summed E-state index contributed by atoms with van der Waals surface area (Å²) in [6, 6.07) is 10.6. The Hall–Kier alpha value is -1.65. The van der Waals surface area contributed by atoms with Gasteiger partial charge in [0, 0.05) is 16.5 Å². The van der Waals surface area contributed by atoms with Gasteiger partial charge in [-0.2, -0.15) is 0 Å². The molecule has 2 heterocycles. The maximum absolute atomic E-state index is 5.89. The van der Waals surface area contributed by atoms with Crippen molar-refractivity contribution < 1.29 is 4.42 Å². The van der Waals surface area contributed by atoms with Crippen LogP contribution in [0.4, 0.5) is 0 Å². The Morgan fingerprint density at radius 3 is 2.70 bits per heavy atom.